The molecule has 5 nitrogen and oxygen atoms in total. The van der Waals surface area contributed by atoms with E-state index in [1.165, 1.54) is 12.1 Å². The average molecular weight is 419 g/mol. The van der Waals surface area contributed by atoms with Crippen molar-refractivity contribution in [3.63, 3.8) is 0 Å². The molecule has 1 N–H and O–H groups in total. The summed E-state index contributed by atoms with van der Waals surface area (Å²) in [7, 11) is 0. The van der Waals surface area contributed by atoms with Gasteiger partial charge in [-0.2, -0.15) is 0 Å². The first-order chi connectivity index (χ1) is 15.2. The van der Waals surface area contributed by atoms with E-state index in [4.69, 9.17) is 4.74 Å². The van der Waals surface area contributed by atoms with Crippen LogP contribution in [-0.2, 0) is 11.3 Å². The summed E-state index contributed by atoms with van der Waals surface area (Å²) in [5, 5.41) is 3.61. The minimum absolute atomic E-state index is 0.0574. The van der Waals surface area contributed by atoms with Crippen LogP contribution in [0.25, 0.3) is 11.4 Å². The van der Waals surface area contributed by atoms with E-state index in [0.29, 0.717) is 18.9 Å². The number of pyridine rings is 2. The second-order valence-electron chi connectivity index (χ2n) is 7.13. The number of nitrogens with zero attached hydrogens (tertiary/aromatic N) is 3. The Morgan fingerprint density at radius 2 is 1.84 bits per heavy atom. The van der Waals surface area contributed by atoms with Crippen molar-refractivity contribution < 1.29 is 9.13 Å². The van der Waals surface area contributed by atoms with Crippen LogP contribution in [0.15, 0.2) is 78.3 Å². The van der Waals surface area contributed by atoms with Crippen molar-refractivity contribution in [3.05, 3.63) is 95.8 Å². The molecule has 0 aliphatic heterocycles. The van der Waals surface area contributed by atoms with Crippen molar-refractivity contribution in [1.82, 2.24) is 15.3 Å². The van der Waals surface area contributed by atoms with Gasteiger partial charge in [-0.3, -0.25) is 15.0 Å². The molecule has 0 spiro atoms. The van der Waals surface area contributed by atoms with Gasteiger partial charge < -0.3 is 10.1 Å². The Labute approximate surface area is 182 Å². The molecule has 1 atom stereocenters. The zero-order valence-electron chi connectivity index (χ0n) is 17.7. The van der Waals surface area contributed by atoms with Gasteiger partial charge in [-0.15, -0.1) is 0 Å². The topological polar surface area (TPSA) is 59.4 Å². The third-order valence-corrected chi connectivity index (χ3v) is 4.78. The third-order valence-electron chi connectivity index (χ3n) is 4.78. The molecule has 0 saturated carbocycles. The number of benzene rings is 1. The molecule has 0 aliphatic carbocycles. The average Bonchev–Trinajstić information content (AvgIpc) is 2.81. The van der Waals surface area contributed by atoms with Crippen LogP contribution >= 0.6 is 0 Å². The van der Waals surface area contributed by atoms with E-state index in [0.717, 1.165) is 35.2 Å². The molecule has 0 aliphatic rings. The highest BCUT2D eigenvalue weighted by atomic mass is 19.1. The van der Waals surface area contributed by atoms with Gasteiger partial charge in [0.25, 0.3) is 0 Å². The lowest BCUT2D eigenvalue weighted by atomic mass is 10.0. The van der Waals surface area contributed by atoms with Crippen LogP contribution in [-0.4, -0.2) is 29.3 Å². The van der Waals surface area contributed by atoms with Gasteiger partial charge >= 0.3 is 0 Å². The smallest absolute Gasteiger partial charge is 0.123 e. The number of ether oxygens (including phenoxy) is 1. The van der Waals surface area contributed by atoms with Crippen LogP contribution in [0.5, 0.6) is 0 Å². The SMILES string of the molecule is C=N/C(=C(\N[C@@H](CCC)COCc1cccnc1)c1ccncc1)c1ccc(F)cc1. The summed E-state index contributed by atoms with van der Waals surface area (Å²) < 4.78 is 19.4. The fourth-order valence-corrected chi connectivity index (χ4v) is 3.28. The molecule has 3 rings (SSSR count). The zero-order chi connectivity index (χ0) is 21.9. The van der Waals surface area contributed by atoms with Crippen molar-refractivity contribution in [1.29, 1.82) is 0 Å². The van der Waals surface area contributed by atoms with Crippen molar-refractivity contribution in [2.24, 2.45) is 4.99 Å². The predicted molar refractivity (Wildman–Crippen MR) is 123 cm³/mol. The van der Waals surface area contributed by atoms with Gasteiger partial charge in [0.05, 0.1) is 24.6 Å². The maximum Gasteiger partial charge on any atom is 0.123 e. The van der Waals surface area contributed by atoms with Gasteiger partial charge in [-0.25, -0.2) is 4.39 Å². The lowest BCUT2D eigenvalue weighted by Crippen LogP contribution is -2.32. The number of rotatable bonds is 11. The first-order valence-electron chi connectivity index (χ1n) is 10.3. The fourth-order valence-electron chi connectivity index (χ4n) is 3.28. The largest absolute Gasteiger partial charge is 0.378 e. The van der Waals surface area contributed by atoms with E-state index in [9.17, 15) is 4.39 Å². The lowest BCUT2D eigenvalue weighted by Gasteiger charge is -2.23. The monoisotopic (exact) mass is 418 g/mol. The zero-order valence-corrected chi connectivity index (χ0v) is 17.7. The summed E-state index contributed by atoms with van der Waals surface area (Å²) in [4.78, 5) is 12.5. The number of aliphatic imine (C=N–C) groups is 1. The number of hydrogen-bond acceptors (Lipinski definition) is 5. The van der Waals surface area contributed by atoms with Gasteiger partial charge in [0.1, 0.15) is 5.82 Å². The summed E-state index contributed by atoms with van der Waals surface area (Å²) in [5.74, 6) is -0.293. The summed E-state index contributed by atoms with van der Waals surface area (Å²) in [6, 6.07) is 14.0. The van der Waals surface area contributed by atoms with Crippen LogP contribution in [0.3, 0.4) is 0 Å². The van der Waals surface area contributed by atoms with Gasteiger partial charge in [0.2, 0.25) is 0 Å². The molecule has 1 aromatic carbocycles. The predicted octanol–water partition coefficient (Wildman–Crippen LogP) is 5.12. The summed E-state index contributed by atoms with van der Waals surface area (Å²) in [5.41, 5.74) is 4.20. The van der Waals surface area contributed by atoms with E-state index in [1.807, 2.05) is 24.3 Å². The molecule has 31 heavy (non-hydrogen) atoms. The Kier molecular flexibility index (Phi) is 8.43. The van der Waals surface area contributed by atoms with E-state index >= 15 is 0 Å². The van der Waals surface area contributed by atoms with Crippen LogP contribution in [0.1, 0.15) is 36.5 Å². The van der Waals surface area contributed by atoms with Crippen molar-refractivity contribution in [2.75, 3.05) is 6.61 Å². The minimum atomic E-state index is -0.293. The van der Waals surface area contributed by atoms with E-state index in [-0.39, 0.29) is 11.9 Å². The Morgan fingerprint density at radius 3 is 2.48 bits per heavy atom. The van der Waals surface area contributed by atoms with Gasteiger partial charge in [0.15, 0.2) is 0 Å². The molecular formula is C25H27FN4O. The molecule has 0 unspecified atom stereocenters. The first kappa shape index (κ1) is 22.3. The standard InChI is InChI=1S/C25H27FN4O/c1-3-5-23(18-31-17-19-6-4-13-29-16-19)30-25(21-11-14-28-15-12-21)24(27-2)20-7-9-22(26)10-8-20/h4,6-16,23,30H,2-3,5,17-18H2,1H3/b25-24-/t23-/m0/s1. The first-order valence-corrected chi connectivity index (χ1v) is 10.3. The molecule has 2 aromatic heterocycles. The second kappa shape index (κ2) is 11.7. The van der Waals surface area contributed by atoms with Gasteiger partial charge in [-0.1, -0.05) is 19.4 Å². The fraction of sp³-hybridized carbons (Fsp3) is 0.240. The molecule has 2 heterocycles. The number of halogens is 1. The highest BCUT2D eigenvalue weighted by Gasteiger charge is 2.16. The Morgan fingerprint density at radius 1 is 1.06 bits per heavy atom. The molecule has 160 valence electrons. The van der Waals surface area contributed by atoms with E-state index in [2.05, 4.69) is 33.9 Å². The maximum absolute atomic E-state index is 13.5. The normalized spacial score (nSPS) is 12.7. The van der Waals surface area contributed by atoms with E-state index < -0.39 is 0 Å². The molecule has 0 saturated heterocycles. The summed E-state index contributed by atoms with van der Waals surface area (Å²) in [6.45, 7) is 6.92. The highest BCUT2D eigenvalue weighted by molar-refractivity contribution is 5.90. The van der Waals surface area contributed by atoms with Gasteiger partial charge in [-0.05, 0) is 61.2 Å². The van der Waals surface area contributed by atoms with Crippen LogP contribution in [0, 0.1) is 5.82 Å². The highest BCUT2D eigenvalue weighted by Crippen LogP contribution is 2.26. The van der Waals surface area contributed by atoms with Crippen molar-refractivity contribution >= 4 is 18.1 Å². The van der Waals surface area contributed by atoms with Crippen LogP contribution in [0.2, 0.25) is 0 Å². The van der Waals surface area contributed by atoms with E-state index in [1.54, 1.807) is 36.9 Å². The molecule has 0 amide bonds. The third kappa shape index (κ3) is 6.55. The Balaban J connectivity index is 1.86. The van der Waals surface area contributed by atoms with Crippen LogP contribution < -0.4 is 5.32 Å². The minimum Gasteiger partial charge on any atom is -0.378 e. The lowest BCUT2D eigenvalue weighted by molar-refractivity contribution is 0.100. The summed E-state index contributed by atoms with van der Waals surface area (Å²) in [6.07, 6.45) is 8.92. The molecule has 3 aromatic rings. The quantitative estimate of drug-likeness (QED) is 0.439. The molecular weight excluding hydrogens is 391 g/mol. The Bertz CT molecular complexity index is 975. The number of hydrogen-bond donors (Lipinski definition) is 1. The Hall–Kier alpha value is -3.38. The number of aromatic nitrogens is 2. The van der Waals surface area contributed by atoms with Crippen LogP contribution in [0.4, 0.5) is 4.39 Å². The number of nitrogens with one attached hydrogen (secondary N) is 1. The van der Waals surface area contributed by atoms with Crippen molar-refractivity contribution in [3.8, 4) is 0 Å². The molecule has 0 radical (unpaired) electrons. The molecule has 0 bridgehead atoms. The summed E-state index contributed by atoms with van der Waals surface area (Å²) >= 11 is 0. The van der Waals surface area contributed by atoms with Gasteiger partial charge in [0, 0.05) is 42.0 Å². The maximum atomic E-state index is 13.5. The molecule has 0 fully saturated rings. The van der Waals surface area contributed by atoms with Crippen molar-refractivity contribution in [2.45, 2.75) is 32.4 Å². The molecule has 6 heteroatoms. The second-order valence-corrected chi connectivity index (χ2v) is 7.13.